The van der Waals surface area contributed by atoms with E-state index < -0.39 is 23.6 Å². The molecular formula is C24H18F3NO4. The summed E-state index contributed by atoms with van der Waals surface area (Å²) in [5.41, 5.74) is 0.364. The van der Waals surface area contributed by atoms with Gasteiger partial charge in [-0.05, 0) is 54.1 Å². The third kappa shape index (κ3) is 5.98. The molecule has 3 rings (SSSR count). The highest BCUT2D eigenvalue weighted by atomic mass is 19.4. The molecule has 0 aliphatic heterocycles. The normalized spacial score (nSPS) is 11.2. The van der Waals surface area contributed by atoms with E-state index in [1.807, 2.05) is 0 Å². The summed E-state index contributed by atoms with van der Waals surface area (Å²) in [5.74, 6) is -0.296. The Labute approximate surface area is 182 Å². The van der Waals surface area contributed by atoms with Crippen LogP contribution in [0.4, 0.5) is 18.9 Å². The topological polar surface area (TPSA) is 64.6 Å². The average Bonchev–Trinajstić information content (AvgIpc) is 2.78. The molecule has 0 fully saturated rings. The lowest BCUT2D eigenvalue weighted by Crippen LogP contribution is -2.08. The number of anilines is 1. The first-order valence-electron chi connectivity index (χ1n) is 9.38. The number of methoxy groups -OCH3 is 1. The molecule has 0 bridgehead atoms. The summed E-state index contributed by atoms with van der Waals surface area (Å²) in [6.45, 7) is 0. The Kier molecular flexibility index (Phi) is 6.94. The molecule has 32 heavy (non-hydrogen) atoms. The Balaban J connectivity index is 1.70. The maximum absolute atomic E-state index is 12.6. The highest BCUT2D eigenvalue weighted by Gasteiger charge is 2.29. The van der Waals surface area contributed by atoms with Gasteiger partial charge in [0.25, 0.3) is 0 Å². The molecule has 0 spiro atoms. The van der Waals surface area contributed by atoms with E-state index in [2.05, 4.69) is 10.1 Å². The first-order chi connectivity index (χ1) is 15.3. The first-order valence-corrected chi connectivity index (χ1v) is 9.38. The van der Waals surface area contributed by atoms with Gasteiger partial charge in [-0.2, -0.15) is 13.2 Å². The zero-order valence-corrected chi connectivity index (χ0v) is 16.8. The SMILES string of the molecule is COC(=O)c1cccc(Oc2ccccc2NC(=O)C=Cc2ccc(C(F)(F)F)cc2)c1. The van der Waals surface area contributed by atoms with Crippen molar-refractivity contribution in [1.82, 2.24) is 0 Å². The van der Waals surface area contributed by atoms with Crippen LogP contribution in [0.3, 0.4) is 0 Å². The molecule has 1 N–H and O–H groups in total. The van der Waals surface area contributed by atoms with E-state index in [1.165, 1.54) is 37.5 Å². The fourth-order valence-electron chi connectivity index (χ4n) is 2.72. The number of para-hydroxylation sites is 2. The predicted molar refractivity (Wildman–Crippen MR) is 113 cm³/mol. The number of halogens is 3. The molecule has 0 saturated heterocycles. The van der Waals surface area contributed by atoms with Gasteiger partial charge in [-0.25, -0.2) is 4.79 Å². The fraction of sp³-hybridized carbons (Fsp3) is 0.0833. The minimum Gasteiger partial charge on any atom is -0.465 e. The van der Waals surface area contributed by atoms with E-state index in [0.29, 0.717) is 28.3 Å². The molecule has 1 amide bonds. The zero-order chi connectivity index (χ0) is 23.1. The maximum Gasteiger partial charge on any atom is 0.416 e. The van der Waals surface area contributed by atoms with Crippen molar-refractivity contribution in [3.05, 3.63) is 95.6 Å². The summed E-state index contributed by atoms with van der Waals surface area (Å²) >= 11 is 0. The van der Waals surface area contributed by atoms with Crippen molar-refractivity contribution >= 4 is 23.6 Å². The molecule has 3 aromatic carbocycles. The largest absolute Gasteiger partial charge is 0.465 e. The Bertz CT molecular complexity index is 1140. The number of hydrogen-bond donors (Lipinski definition) is 1. The number of ether oxygens (including phenoxy) is 2. The van der Waals surface area contributed by atoms with Crippen LogP contribution < -0.4 is 10.1 Å². The zero-order valence-electron chi connectivity index (χ0n) is 16.8. The first kappa shape index (κ1) is 22.6. The van der Waals surface area contributed by atoms with Gasteiger partial charge in [0.05, 0.1) is 23.9 Å². The monoisotopic (exact) mass is 441 g/mol. The molecule has 0 unspecified atom stereocenters. The third-order valence-corrected chi connectivity index (χ3v) is 4.29. The highest BCUT2D eigenvalue weighted by Crippen LogP contribution is 2.30. The van der Waals surface area contributed by atoms with Gasteiger partial charge in [0.15, 0.2) is 5.75 Å². The van der Waals surface area contributed by atoms with Crippen LogP contribution in [0.25, 0.3) is 6.08 Å². The van der Waals surface area contributed by atoms with E-state index in [4.69, 9.17) is 4.74 Å². The smallest absolute Gasteiger partial charge is 0.416 e. The lowest BCUT2D eigenvalue weighted by atomic mass is 10.1. The summed E-state index contributed by atoms with van der Waals surface area (Å²) in [6, 6.07) is 17.5. The van der Waals surface area contributed by atoms with Gasteiger partial charge in [0.1, 0.15) is 5.75 Å². The Morgan fingerprint density at radius 1 is 0.938 bits per heavy atom. The van der Waals surface area contributed by atoms with Gasteiger partial charge >= 0.3 is 12.1 Å². The molecule has 3 aromatic rings. The highest BCUT2D eigenvalue weighted by molar-refractivity contribution is 6.02. The molecule has 0 aliphatic carbocycles. The Hall–Kier alpha value is -4.07. The van der Waals surface area contributed by atoms with Gasteiger partial charge in [0, 0.05) is 6.08 Å². The average molecular weight is 441 g/mol. The lowest BCUT2D eigenvalue weighted by molar-refractivity contribution is -0.137. The van der Waals surface area contributed by atoms with Gasteiger partial charge in [-0.15, -0.1) is 0 Å². The number of alkyl halides is 3. The van der Waals surface area contributed by atoms with E-state index in [0.717, 1.165) is 12.1 Å². The predicted octanol–water partition coefficient (Wildman–Crippen LogP) is 5.94. The number of carbonyl (C=O) groups excluding carboxylic acids is 2. The van der Waals surface area contributed by atoms with Crippen molar-refractivity contribution in [2.24, 2.45) is 0 Å². The van der Waals surface area contributed by atoms with Crippen LogP contribution >= 0.6 is 0 Å². The second-order valence-electron chi connectivity index (χ2n) is 6.56. The van der Waals surface area contributed by atoms with Crippen LogP contribution in [-0.4, -0.2) is 19.0 Å². The fourth-order valence-corrected chi connectivity index (χ4v) is 2.72. The molecule has 0 aliphatic rings. The third-order valence-electron chi connectivity index (χ3n) is 4.29. The van der Waals surface area contributed by atoms with Gasteiger partial charge < -0.3 is 14.8 Å². The second-order valence-corrected chi connectivity index (χ2v) is 6.56. The summed E-state index contributed by atoms with van der Waals surface area (Å²) in [7, 11) is 1.28. The molecule has 0 aromatic heterocycles. The van der Waals surface area contributed by atoms with Crippen LogP contribution in [0.2, 0.25) is 0 Å². The molecule has 5 nitrogen and oxygen atoms in total. The molecule has 0 radical (unpaired) electrons. The molecule has 0 saturated carbocycles. The summed E-state index contributed by atoms with van der Waals surface area (Å²) in [5, 5.41) is 2.66. The molecule has 0 heterocycles. The molecule has 164 valence electrons. The van der Waals surface area contributed by atoms with Crippen LogP contribution in [0.1, 0.15) is 21.5 Å². The second kappa shape index (κ2) is 9.82. The van der Waals surface area contributed by atoms with E-state index in [9.17, 15) is 22.8 Å². The quantitative estimate of drug-likeness (QED) is 0.380. The van der Waals surface area contributed by atoms with Crippen molar-refractivity contribution in [3.8, 4) is 11.5 Å². The number of nitrogens with one attached hydrogen (secondary N) is 1. The van der Waals surface area contributed by atoms with Crippen molar-refractivity contribution < 1.29 is 32.2 Å². The summed E-state index contributed by atoms with van der Waals surface area (Å²) in [6.07, 6.45) is -1.81. The van der Waals surface area contributed by atoms with Crippen molar-refractivity contribution in [3.63, 3.8) is 0 Å². The van der Waals surface area contributed by atoms with E-state index in [-0.39, 0.29) is 0 Å². The number of hydrogen-bond acceptors (Lipinski definition) is 4. The Morgan fingerprint density at radius 2 is 1.66 bits per heavy atom. The number of carbonyl (C=O) groups is 2. The van der Waals surface area contributed by atoms with Gasteiger partial charge in [0.2, 0.25) is 5.91 Å². The maximum atomic E-state index is 12.6. The van der Waals surface area contributed by atoms with Crippen LogP contribution in [-0.2, 0) is 15.7 Å². The van der Waals surface area contributed by atoms with Crippen molar-refractivity contribution in [2.45, 2.75) is 6.18 Å². The van der Waals surface area contributed by atoms with Gasteiger partial charge in [-0.3, -0.25) is 4.79 Å². The summed E-state index contributed by atoms with van der Waals surface area (Å²) in [4.78, 5) is 24.0. The number of benzene rings is 3. The minimum atomic E-state index is -4.42. The summed E-state index contributed by atoms with van der Waals surface area (Å²) < 4.78 is 48.4. The van der Waals surface area contributed by atoms with E-state index >= 15 is 0 Å². The van der Waals surface area contributed by atoms with Crippen LogP contribution in [0.5, 0.6) is 11.5 Å². The number of rotatable bonds is 6. The van der Waals surface area contributed by atoms with Crippen molar-refractivity contribution in [1.29, 1.82) is 0 Å². The number of amides is 1. The molecule has 8 heteroatoms. The molecule has 0 atom stereocenters. The van der Waals surface area contributed by atoms with Crippen LogP contribution in [0, 0.1) is 0 Å². The lowest BCUT2D eigenvalue weighted by Gasteiger charge is -2.12. The van der Waals surface area contributed by atoms with Gasteiger partial charge in [-0.1, -0.05) is 30.3 Å². The Morgan fingerprint density at radius 3 is 2.34 bits per heavy atom. The standard InChI is InChI=1S/C24H18F3NO4/c1-31-23(30)17-5-4-6-19(15-17)32-21-8-3-2-7-20(21)28-22(29)14-11-16-9-12-18(13-10-16)24(25,26)27/h2-15H,1H3,(H,28,29). The van der Waals surface area contributed by atoms with Crippen LogP contribution in [0.15, 0.2) is 78.9 Å². The van der Waals surface area contributed by atoms with E-state index in [1.54, 1.807) is 42.5 Å². The molecular weight excluding hydrogens is 423 g/mol. The minimum absolute atomic E-state index is 0.311. The number of esters is 1. The van der Waals surface area contributed by atoms with Crippen molar-refractivity contribution in [2.75, 3.05) is 12.4 Å².